The van der Waals surface area contributed by atoms with E-state index in [9.17, 15) is 8.42 Å². The van der Waals surface area contributed by atoms with Crippen molar-refractivity contribution in [3.05, 3.63) is 35.8 Å². The van der Waals surface area contributed by atoms with Gasteiger partial charge in [-0.2, -0.15) is 5.26 Å². The van der Waals surface area contributed by atoms with Crippen molar-refractivity contribution >= 4 is 32.0 Å². The molecule has 4 rings (SSSR count). The van der Waals surface area contributed by atoms with Crippen LogP contribution in [0.4, 0.5) is 0 Å². The Balaban J connectivity index is 1.81. The molecule has 8 heteroatoms. The van der Waals surface area contributed by atoms with Gasteiger partial charge in [-0.05, 0) is 43.4 Å². The van der Waals surface area contributed by atoms with E-state index in [1.54, 1.807) is 18.5 Å². The summed E-state index contributed by atoms with van der Waals surface area (Å²) in [6.07, 6.45) is 5.20. The molecule has 0 bridgehead atoms. The van der Waals surface area contributed by atoms with E-state index in [-0.39, 0.29) is 5.92 Å². The lowest BCUT2D eigenvalue weighted by atomic mass is 9.89. The van der Waals surface area contributed by atoms with Gasteiger partial charge in [0.05, 0.1) is 17.8 Å². The molecule has 1 saturated heterocycles. The molecule has 0 radical (unpaired) electrons. The van der Waals surface area contributed by atoms with E-state index in [1.165, 1.54) is 4.31 Å². The Labute approximate surface area is 151 Å². The van der Waals surface area contributed by atoms with Gasteiger partial charge in [-0.1, -0.05) is 0 Å². The third-order valence-electron chi connectivity index (χ3n) is 4.99. The minimum absolute atomic E-state index is 0.0727. The molecule has 4 heterocycles. The van der Waals surface area contributed by atoms with Crippen LogP contribution in [0.3, 0.4) is 0 Å². The van der Waals surface area contributed by atoms with Crippen LogP contribution in [0.15, 0.2) is 24.5 Å². The molecule has 0 aromatic carbocycles. The molecule has 1 unspecified atom stereocenters. The van der Waals surface area contributed by atoms with Crippen LogP contribution in [-0.4, -0.2) is 46.5 Å². The highest BCUT2D eigenvalue weighted by Crippen LogP contribution is 2.35. The Morgan fingerprint density at radius 2 is 2.27 bits per heavy atom. The SMILES string of the molecule is Cc1cc2c(ncc3nccc(C4CCCN(S(=O)(=O)CC#N)C4)c32)[nH]1. The second kappa shape index (κ2) is 6.34. The van der Waals surface area contributed by atoms with Crippen molar-refractivity contribution in [1.29, 1.82) is 5.26 Å². The zero-order valence-electron chi connectivity index (χ0n) is 14.4. The summed E-state index contributed by atoms with van der Waals surface area (Å²) in [5.41, 5.74) is 3.75. The summed E-state index contributed by atoms with van der Waals surface area (Å²) < 4.78 is 26.1. The molecule has 134 valence electrons. The predicted molar refractivity (Wildman–Crippen MR) is 99.1 cm³/mol. The van der Waals surface area contributed by atoms with Crippen LogP contribution in [0.25, 0.3) is 21.9 Å². The monoisotopic (exact) mass is 369 g/mol. The van der Waals surface area contributed by atoms with Crippen LogP contribution in [0.1, 0.15) is 30.0 Å². The van der Waals surface area contributed by atoms with Gasteiger partial charge >= 0.3 is 0 Å². The Morgan fingerprint density at radius 1 is 1.42 bits per heavy atom. The maximum atomic E-state index is 12.3. The first-order valence-electron chi connectivity index (χ1n) is 8.57. The van der Waals surface area contributed by atoms with Crippen molar-refractivity contribution in [2.24, 2.45) is 0 Å². The first kappa shape index (κ1) is 16.9. The predicted octanol–water partition coefficient (Wildman–Crippen LogP) is 2.45. The number of aromatic amines is 1. The highest BCUT2D eigenvalue weighted by atomic mass is 32.2. The fraction of sp³-hybridized carbons (Fsp3) is 0.389. The van der Waals surface area contributed by atoms with E-state index in [4.69, 9.17) is 5.26 Å². The molecule has 1 atom stereocenters. The number of nitrogens with one attached hydrogen (secondary N) is 1. The standard InChI is InChI=1S/C18H19N5O2S/c1-12-9-15-17-14(4-6-20-16(17)10-21-18(15)22-12)13-3-2-7-23(11-13)26(24,25)8-5-19/h4,6,9-10,13H,2-3,7-8,11H2,1H3,(H,21,22). The number of H-pyrrole nitrogens is 1. The second-order valence-electron chi connectivity index (χ2n) is 6.74. The Bertz CT molecular complexity index is 1130. The van der Waals surface area contributed by atoms with Crippen LogP contribution in [0.5, 0.6) is 0 Å². The number of aromatic nitrogens is 3. The fourth-order valence-electron chi connectivity index (χ4n) is 3.84. The summed E-state index contributed by atoms with van der Waals surface area (Å²) in [5, 5.41) is 10.9. The van der Waals surface area contributed by atoms with Crippen molar-refractivity contribution in [3.8, 4) is 6.07 Å². The number of nitriles is 1. The minimum atomic E-state index is -3.53. The van der Waals surface area contributed by atoms with Crippen LogP contribution in [0.2, 0.25) is 0 Å². The number of hydrogen-bond donors (Lipinski definition) is 1. The fourth-order valence-corrected chi connectivity index (χ4v) is 5.00. The highest BCUT2D eigenvalue weighted by Gasteiger charge is 2.30. The molecular formula is C18H19N5O2S. The van der Waals surface area contributed by atoms with Crippen LogP contribution >= 0.6 is 0 Å². The second-order valence-corrected chi connectivity index (χ2v) is 8.71. The molecule has 0 aliphatic carbocycles. The first-order valence-corrected chi connectivity index (χ1v) is 10.2. The molecule has 0 amide bonds. The van der Waals surface area contributed by atoms with E-state index in [0.29, 0.717) is 13.1 Å². The van der Waals surface area contributed by atoms with Gasteiger partial charge < -0.3 is 4.98 Å². The van der Waals surface area contributed by atoms with Gasteiger partial charge in [0.25, 0.3) is 0 Å². The number of fused-ring (bicyclic) bond motifs is 3. The van der Waals surface area contributed by atoms with Gasteiger partial charge in [-0.15, -0.1) is 0 Å². The number of nitrogens with zero attached hydrogens (tertiary/aromatic N) is 4. The Kier molecular flexibility index (Phi) is 4.13. The first-order chi connectivity index (χ1) is 12.5. The quantitative estimate of drug-likeness (QED) is 0.764. The number of aryl methyl sites for hydroxylation is 1. The third-order valence-corrected chi connectivity index (χ3v) is 6.61. The molecule has 1 fully saturated rings. The number of pyridine rings is 2. The molecule has 0 spiro atoms. The lowest BCUT2D eigenvalue weighted by Gasteiger charge is -2.32. The molecule has 7 nitrogen and oxygen atoms in total. The molecule has 3 aromatic heterocycles. The Morgan fingerprint density at radius 3 is 3.08 bits per heavy atom. The molecule has 0 saturated carbocycles. The summed E-state index contributed by atoms with van der Waals surface area (Å²) in [7, 11) is -3.53. The normalized spacial score (nSPS) is 19.0. The van der Waals surface area contributed by atoms with Gasteiger partial charge in [0.2, 0.25) is 10.0 Å². The van der Waals surface area contributed by atoms with Crippen LogP contribution in [0, 0.1) is 18.3 Å². The van der Waals surface area contributed by atoms with Gasteiger partial charge in [0.1, 0.15) is 5.65 Å². The third kappa shape index (κ3) is 2.83. The largest absolute Gasteiger partial charge is 0.344 e. The lowest BCUT2D eigenvalue weighted by molar-refractivity contribution is 0.317. The van der Waals surface area contributed by atoms with Gasteiger partial charge in [0, 0.05) is 35.8 Å². The summed E-state index contributed by atoms with van der Waals surface area (Å²) in [6, 6.07) is 5.80. The number of hydrogen-bond acceptors (Lipinski definition) is 5. The van der Waals surface area contributed by atoms with Gasteiger partial charge in [-0.3, -0.25) is 4.98 Å². The maximum absolute atomic E-state index is 12.3. The van der Waals surface area contributed by atoms with Crippen molar-refractivity contribution in [2.45, 2.75) is 25.7 Å². The Hall–Kier alpha value is -2.50. The summed E-state index contributed by atoms with van der Waals surface area (Å²) in [6.45, 7) is 2.86. The van der Waals surface area contributed by atoms with Crippen molar-refractivity contribution < 1.29 is 8.42 Å². The highest BCUT2D eigenvalue weighted by molar-refractivity contribution is 7.89. The maximum Gasteiger partial charge on any atom is 0.227 e. The van der Waals surface area contributed by atoms with Crippen molar-refractivity contribution in [1.82, 2.24) is 19.3 Å². The van der Waals surface area contributed by atoms with E-state index in [1.807, 2.05) is 13.0 Å². The molecule has 1 aliphatic rings. The van der Waals surface area contributed by atoms with E-state index in [2.05, 4.69) is 21.0 Å². The molecule has 26 heavy (non-hydrogen) atoms. The topological polar surface area (TPSA) is 103 Å². The number of rotatable bonds is 3. The summed E-state index contributed by atoms with van der Waals surface area (Å²) in [4.78, 5) is 12.1. The van der Waals surface area contributed by atoms with Crippen molar-refractivity contribution in [3.63, 3.8) is 0 Å². The molecular weight excluding hydrogens is 350 g/mol. The lowest BCUT2D eigenvalue weighted by Crippen LogP contribution is -2.40. The van der Waals surface area contributed by atoms with E-state index >= 15 is 0 Å². The van der Waals surface area contributed by atoms with Gasteiger partial charge in [0.15, 0.2) is 5.75 Å². The molecule has 1 N–H and O–H groups in total. The van der Waals surface area contributed by atoms with Crippen LogP contribution < -0.4 is 0 Å². The van der Waals surface area contributed by atoms with Crippen LogP contribution in [-0.2, 0) is 10.0 Å². The average Bonchev–Trinajstić information content (AvgIpc) is 3.02. The van der Waals surface area contributed by atoms with Crippen molar-refractivity contribution in [2.75, 3.05) is 18.8 Å². The zero-order chi connectivity index (χ0) is 18.3. The summed E-state index contributed by atoms with van der Waals surface area (Å²) in [5.74, 6) is -0.398. The van der Waals surface area contributed by atoms with E-state index in [0.717, 1.165) is 46.0 Å². The molecule has 3 aromatic rings. The smallest absolute Gasteiger partial charge is 0.227 e. The minimum Gasteiger partial charge on any atom is -0.344 e. The number of piperidine rings is 1. The van der Waals surface area contributed by atoms with Gasteiger partial charge in [-0.25, -0.2) is 17.7 Å². The number of sulfonamides is 1. The van der Waals surface area contributed by atoms with E-state index < -0.39 is 15.8 Å². The summed E-state index contributed by atoms with van der Waals surface area (Å²) >= 11 is 0. The average molecular weight is 369 g/mol. The zero-order valence-corrected chi connectivity index (χ0v) is 15.3. The molecule has 1 aliphatic heterocycles.